The van der Waals surface area contributed by atoms with Crippen molar-refractivity contribution in [3.63, 3.8) is 0 Å². The van der Waals surface area contributed by atoms with Gasteiger partial charge in [0.05, 0.1) is 4.90 Å². The molecule has 0 saturated heterocycles. The monoisotopic (exact) mass is 307 g/mol. The predicted octanol–water partition coefficient (Wildman–Crippen LogP) is 1.29. The molecule has 0 fully saturated rings. The second-order valence-corrected chi connectivity index (χ2v) is 5.47. The molecule has 0 heterocycles. The molecule has 0 amide bonds. The van der Waals surface area contributed by atoms with Gasteiger partial charge in [0.25, 0.3) is 0 Å². The van der Waals surface area contributed by atoms with Crippen LogP contribution in [-0.2, 0) is 29.3 Å². The van der Waals surface area contributed by atoms with Gasteiger partial charge in [-0.05, 0) is 24.3 Å². The summed E-state index contributed by atoms with van der Waals surface area (Å²) in [5, 5.41) is 0.325. The lowest BCUT2D eigenvalue weighted by Gasteiger charge is -2.17. The molecule has 1 aromatic carbocycles. The molecule has 0 aliphatic heterocycles. The molecule has 0 unspecified atom stereocenters. The van der Waals surface area contributed by atoms with E-state index in [-0.39, 0.29) is 9.53 Å². The Kier molecular flexibility index (Phi) is 4.87. The molecule has 0 aromatic heterocycles. The van der Waals surface area contributed by atoms with Crippen LogP contribution >= 0.6 is 11.6 Å². The first-order valence-corrected chi connectivity index (χ1v) is 6.73. The first-order valence-electron chi connectivity index (χ1n) is 4.91. The summed E-state index contributed by atoms with van der Waals surface area (Å²) < 4.78 is 23.9. The van der Waals surface area contributed by atoms with Crippen LogP contribution in [0.4, 0.5) is 0 Å². The molecule has 19 heavy (non-hydrogen) atoms. The zero-order valence-corrected chi connectivity index (χ0v) is 11.6. The fourth-order valence-corrected chi connectivity index (χ4v) is 2.20. The highest BCUT2D eigenvalue weighted by molar-refractivity contribution is 7.88. The lowest BCUT2D eigenvalue weighted by atomic mass is 10.4. The molecule has 1 aromatic rings. The molecular formula is C10H10ClNO6S. The molecule has 0 saturated carbocycles. The first kappa shape index (κ1) is 15.4. The Hall–Kier alpha value is -1.64. The van der Waals surface area contributed by atoms with Crippen LogP contribution in [0.1, 0.15) is 13.8 Å². The fraction of sp³-hybridized carbons (Fsp3) is 0.200. The highest BCUT2D eigenvalue weighted by Crippen LogP contribution is 2.19. The lowest BCUT2D eigenvalue weighted by Crippen LogP contribution is -2.34. The third-order valence-corrected chi connectivity index (χ3v) is 3.38. The standard InChI is InChI=1S/C10H10ClNO6S/c1-7(13)17-12(18-8(2)14)19(15,16)10-5-3-9(11)4-6-10/h3-6H,1-2H3. The summed E-state index contributed by atoms with van der Waals surface area (Å²) in [4.78, 5) is 30.1. The Labute approximate surface area is 114 Å². The average molecular weight is 308 g/mol. The molecule has 0 N–H and O–H groups in total. The Morgan fingerprint density at radius 3 is 1.84 bits per heavy atom. The van der Waals surface area contributed by atoms with Gasteiger partial charge in [-0.2, -0.15) is 0 Å². The first-order chi connectivity index (χ1) is 8.73. The SMILES string of the molecule is CC(=O)ON(OC(C)=O)S(=O)(=O)c1ccc(Cl)cc1. The summed E-state index contributed by atoms with van der Waals surface area (Å²) >= 11 is 5.63. The van der Waals surface area contributed by atoms with Crippen LogP contribution in [0.3, 0.4) is 0 Å². The number of carbonyl (C=O) groups is 2. The number of halogens is 1. The molecule has 0 spiro atoms. The van der Waals surface area contributed by atoms with Crippen molar-refractivity contribution >= 4 is 33.6 Å². The van der Waals surface area contributed by atoms with Crippen LogP contribution in [0.15, 0.2) is 29.2 Å². The van der Waals surface area contributed by atoms with Crippen molar-refractivity contribution in [2.45, 2.75) is 18.7 Å². The molecular weight excluding hydrogens is 298 g/mol. The van der Waals surface area contributed by atoms with Gasteiger partial charge < -0.3 is 9.68 Å². The maximum atomic E-state index is 12.0. The maximum absolute atomic E-state index is 12.0. The van der Waals surface area contributed by atoms with E-state index in [9.17, 15) is 18.0 Å². The van der Waals surface area contributed by atoms with Gasteiger partial charge >= 0.3 is 22.0 Å². The molecule has 0 radical (unpaired) electrons. The minimum absolute atomic E-state index is 0.138. The van der Waals surface area contributed by atoms with Gasteiger partial charge in [0, 0.05) is 18.9 Å². The summed E-state index contributed by atoms with van der Waals surface area (Å²) in [5.41, 5.74) is 0. The minimum Gasteiger partial charge on any atom is -0.319 e. The Bertz CT molecular complexity index is 567. The van der Waals surface area contributed by atoms with Crippen molar-refractivity contribution in [2.75, 3.05) is 0 Å². The van der Waals surface area contributed by atoms with Crippen molar-refractivity contribution in [3.8, 4) is 0 Å². The molecule has 0 atom stereocenters. The topological polar surface area (TPSA) is 90.0 Å². The number of carbonyl (C=O) groups excluding carboxylic acids is 2. The Balaban J connectivity index is 3.14. The molecule has 104 valence electrons. The van der Waals surface area contributed by atoms with Crippen molar-refractivity contribution in [1.82, 2.24) is 4.63 Å². The van der Waals surface area contributed by atoms with Crippen LogP contribution in [0.2, 0.25) is 5.02 Å². The Morgan fingerprint density at radius 2 is 1.47 bits per heavy atom. The van der Waals surface area contributed by atoms with Gasteiger partial charge in [0.1, 0.15) is 0 Å². The second kappa shape index (κ2) is 6.00. The van der Waals surface area contributed by atoms with E-state index in [4.69, 9.17) is 11.6 Å². The van der Waals surface area contributed by atoms with E-state index in [1.165, 1.54) is 24.3 Å². The summed E-state index contributed by atoms with van der Waals surface area (Å²) in [6, 6.07) is 5.01. The quantitative estimate of drug-likeness (QED) is 0.778. The summed E-state index contributed by atoms with van der Waals surface area (Å²) in [6.07, 6.45) is 0. The Morgan fingerprint density at radius 1 is 1.05 bits per heavy atom. The molecule has 0 bridgehead atoms. The van der Waals surface area contributed by atoms with Crippen molar-refractivity contribution in [2.24, 2.45) is 0 Å². The summed E-state index contributed by atoms with van der Waals surface area (Å²) in [6.45, 7) is 1.93. The van der Waals surface area contributed by atoms with Gasteiger partial charge in [0.15, 0.2) is 4.63 Å². The largest absolute Gasteiger partial charge is 0.327 e. The smallest absolute Gasteiger partial charge is 0.319 e. The molecule has 1 rings (SSSR count). The number of hydrogen-bond acceptors (Lipinski definition) is 6. The second-order valence-electron chi connectivity index (χ2n) is 3.32. The number of hydrogen-bond donors (Lipinski definition) is 0. The van der Waals surface area contributed by atoms with Crippen LogP contribution in [-0.4, -0.2) is 25.0 Å². The zero-order valence-electron chi connectivity index (χ0n) is 9.99. The number of benzene rings is 1. The van der Waals surface area contributed by atoms with Crippen molar-refractivity contribution in [3.05, 3.63) is 29.3 Å². The van der Waals surface area contributed by atoms with Gasteiger partial charge in [-0.25, -0.2) is 8.42 Å². The van der Waals surface area contributed by atoms with Crippen LogP contribution in [0.5, 0.6) is 0 Å². The lowest BCUT2D eigenvalue weighted by molar-refractivity contribution is -0.267. The van der Waals surface area contributed by atoms with Crippen LogP contribution in [0.25, 0.3) is 0 Å². The van der Waals surface area contributed by atoms with E-state index in [1.54, 1.807) is 0 Å². The van der Waals surface area contributed by atoms with Gasteiger partial charge in [0.2, 0.25) is 0 Å². The van der Waals surface area contributed by atoms with Gasteiger partial charge in [-0.15, -0.1) is 0 Å². The average Bonchev–Trinajstić information content (AvgIpc) is 2.27. The van der Waals surface area contributed by atoms with E-state index in [0.717, 1.165) is 13.8 Å². The molecule has 0 aliphatic rings. The zero-order chi connectivity index (χ0) is 14.6. The van der Waals surface area contributed by atoms with Crippen LogP contribution in [0, 0.1) is 0 Å². The minimum atomic E-state index is -4.32. The maximum Gasteiger partial charge on any atom is 0.327 e. The molecule has 7 nitrogen and oxygen atoms in total. The van der Waals surface area contributed by atoms with Gasteiger partial charge in [-0.1, -0.05) is 11.6 Å². The van der Waals surface area contributed by atoms with Crippen molar-refractivity contribution in [1.29, 1.82) is 0 Å². The van der Waals surface area contributed by atoms with Gasteiger partial charge in [-0.3, -0.25) is 9.59 Å². The third-order valence-electron chi connectivity index (χ3n) is 1.71. The van der Waals surface area contributed by atoms with E-state index in [0.29, 0.717) is 5.02 Å². The highest BCUT2D eigenvalue weighted by Gasteiger charge is 2.31. The number of sulfonamides is 1. The third kappa shape index (κ3) is 4.19. The van der Waals surface area contributed by atoms with E-state index >= 15 is 0 Å². The predicted molar refractivity (Wildman–Crippen MR) is 64.0 cm³/mol. The van der Waals surface area contributed by atoms with E-state index < -0.39 is 22.0 Å². The molecule has 9 heteroatoms. The fourth-order valence-electron chi connectivity index (χ4n) is 1.02. The highest BCUT2D eigenvalue weighted by atomic mass is 35.5. The van der Waals surface area contributed by atoms with E-state index in [1.807, 2.05) is 0 Å². The number of nitrogens with zero attached hydrogens (tertiary/aromatic N) is 1. The summed E-state index contributed by atoms with van der Waals surface area (Å²) in [7, 11) is -4.32. The number of rotatable bonds is 4. The van der Waals surface area contributed by atoms with Crippen molar-refractivity contribution < 1.29 is 27.7 Å². The van der Waals surface area contributed by atoms with E-state index in [2.05, 4.69) is 9.68 Å². The van der Waals surface area contributed by atoms with Crippen LogP contribution < -0.4 is 0 Å². The normalized spacial score (nSPS) is 11.2. The molecule has 0 aliphatic carbocycles. The summed E-state index contributed by atoms with van der Waals surface area (Å²) in [5.74, 6) is -1.92.